The molecule has 0 spiro atoms. The first-order valence-corrected chi connectivity index (χ1v) is 10.4. The zero-order chi connectivity index (χ0) is 23.3. The zero-order valence-electron chi connectivity index (χ0n) is 18.7. The minimum atomic E-state index is -1.50. The maximum Gasteiger partial charge on any atom is 0.488 e. The number of ether oxygens (including phenoxy) is 3. The van der Waals surface area contributed by atoms with Crippen LogP contribution in [0.5, 0.6) is 17.2 Å². The molecule has 7 heteroatoms. The second-order valence-corrected chi connectivity index (χ2v) is 7.67. The highest BCUT2D eigenvalue weighted by Crippen LogP contribution is 2.33. The van der Waals surface area contributed by atoms with Gasteiger partial charge in [-0.15, -0.1) is 0 Å². The number of carbonyl (C=O) groups excluding carboxylic acids is 1. The lowest BCUT2D eigenvalue weighted by atomic mass is 9.80. The summed E-state index contributed by atoms with van der Waals surface area (Å²) in [5, 5.41) is 18.3. The largest absolute Gasteiger partial charge is 0.490 e. The normalized spacial score (nSPS) is 10.6. The van der Waals surface area contributed by atoms with Crippen LogP contribution in [0.3, 0.4) is 0 Å². The smallest absolute Gasteiger partial charge is 0.488 e. The van der Waals surface area contributed by atoms with E-state index in [4.69, 9.17) is 24.3 Å². The van der Waals surface area contributed by atoms with Gasteiger partial charge >= 0.3 is 13.1 Å². The fraction of sp³-hybridized carbons (Fsp3) is 0.240. The molecule has 0 aromatic heterocycles. The van der Waals surface area contributed by atoms with Crippen molar-refractivity contribution in [2.45, 2.75) is 27.7 Å². The maximum absolute atomic E-state index is 12.5. The van der Waals surface area contributed by atoms with Gasteiger partial charge in [-0.05, 0) is 80.2 Å². The van der Waals surface area contributed by atoms with Gasteiger partial charge in [0.25, 0.3) is 0 Å². The van der Waals surface area contributed by atoms with E-state index >= 15 is 0 Å². The van der Waals surface area contributed by atoms with Crippen LogP contribution in [0.2, 0.25) is 0 Å². The van der Waals surface area contributed by atoms with Crippen molar-refractivity contribution in [1.29, 1.82) is 0 Å². The van der Waals surface area contributed by atoms with Gasteiger partial charge in [0.2, 0.25) is 0 Å². The summed E-state index contributed by atoms with van der Waals surface area (Å²) in [6, 6.07) is 15.6. The van der Waals surface area contributed by atoms with Gasteiger partial charge in [0.15, 0.2) is 0 Å². The molecule has 0 aliphatic heterocycles. The van der Waals surface area contributed by atoms with Crippen molar-refractivity contribution >= 4 is 18.6 Å². The Kier molecular flexibility index (Phi) is 7.56. The highest BCUT2D eigenvalue weighted by Gasteiger charge is 2.16. The van der Waals surface area contributed by atoms with E-state index < -0.39 is 13.1 Å². The molecule has 3 aromatic carbocycles. The predicted octanol–water partition coefficient (Wildman–Crippen LogP) is 3.28. The first kappa shape index (κ1) is 23.4. The number of hydrogen-bond donors (Lipinski definition) is 2. The van der Waals surface area contributed by atoms with Gasteiger partial charge in [-0.1, -0.05) is 29.8 Å². The van der Waals surface area contributed by atoms with Crippen molar-refractivity contribution in [3.63, 3.8) is 0 Å². The van der Waals surface area contributed by atoms with Crippen molar-refractivity contribution in [2.24, 2.45) is 0 Å². The Hall–Kier alpha value is -3.29. The number of hydrogen-bond acceptors (Lipinski definition) is 6. The summed E-state index contributed by atoms with van der Waals surface area (Å²) in [6.07, 6.45) is 0. The van der Waals surface area contributed by atoms with E-state index in [1.807, 2.05) is 45.9 Å². The van der Waals surface area contributed by atoms with Gasteiger partial charge in [0.1, 0.15) is 30.5 Å². The summed E-state index contributed by atoms with van der Waals surface area (Å²) in [5.41, 5.74) is 4.59. The van der Waals surface area contributed by atoms with E-state index in [0.717, 1.165) is 28.0 Å². The summed E-state index contributed by atoms with van der Waals surface area (Å²) in [7, 11) is -1.50. The molecule has 0 atom stereocenters. The average Bonchev–Trinajstić information content (AvgIpc) is 2.77. The van der Waals surface area contributed by atoms with Crippen molar-refractivity contribution < 1.29 is 29.1 Å². The summed E-state index contributed by atoms with van der Waals surface area (Å²) in [5.74, 6) is 1.47. The van der Waals surface area contributed by atoms with E-state index in [0.29, 0.717) is 35.7 Å². The number of aryl methyl sites for hydroxylation is 2. The summed E-state index contributed by atoms with van der Waals surface area (Å²) < 4.78 is 17.2. The SMILES string of the molecule is Cc1ccc(C(=O)Oc2cc(C)c(OCCOc3ccc(B(O)O)cc3)c(C)c2C)cc1. The van der Waals surface area contributed by atoms with Crippen LogP contribution in [0.1, 0.15) is 32.6 Å². The van der Waals surface area contributed by atoms with Crippen LogP contribution in [-0.4, -0.2) is 36.3 Å². The van der Waals surface area contributed by atoms with Gasteiger partial charge in [-0.2, -0.15) is 0 Å². The molecular formula is C25H27BO6. The molecule has 3 rings (SSSR count). The first-order chi connectivity index (χ1) is 15.3. The molecule has 3 aromatic rings. The van der Waals surface area contributed by atoms with Crippen LogP contribution < -0.4 is 19.7 Å². The van der Waals surface area contributed by atoms with E-state index in [1.165, 1.54) is 0 Å². The first-order valence-electron chi connectivity index (χ1n) is 10.4. The second-order valence-electron chi connectivity index (χ2n) is 7.67. The molecule has 0 radical (unpaired) electrons. The molecule has 0 fully saturated rings. The van der Waals surface area contributed by atoms with E-state index in [-0.39, 0.29) is 0 Å². The van der Waals surface area contributed by atoms with Crippen LogP contribution in [-0.2, 0) is 0 Å². The lowest BCUT2D eigenvalue weighted by Crippen LogP contribution is -2.29. The van der Waals surface area contributed by atoms with Crippen molar-refractivity contribution in [3.8, 4) is 17.2 Å². The lowest BCUT2D eigenvalue weighted by molar-refractivity contribution is 0.0733. The Bertz CT molecular complexity index is 1080. The number of esters is 1. The van der Waals surface area contributed by atoms with Gasteiger partial charge in [0, 0.05) is 0 Å². The summed E-state index contributed by atoms with van der Waals surface area (Å²) in [6.45, 7) is 8.35. The molecule has 0 saturated heterocycles. The molecule has 0 aliphatic carbocycles. The maximum atomic E-state index is 12.5. The highest BCUT2D eigenvalue weighted by molar-refractivity contribution is 6.58. The summed E-state index contributed by atoms with van der Waals surface area (Å²) in [4.78, 5) is 12.5. The molecule has 2 N–H and O–H groups in total. The molecule has 0 heterocycles. The Labute approximate surface area is 188 Å². The fourth-order valence-electron chi connectivity index (χ4n) is 3.24. The minimum Gasteiger partial charge on any atom is -0.490 e. The highest BCUT2D eigenvalue weighted by atomic mass is 16.5. The molecule has 0 amide bonds. The fourth-order valence-corrected chi connectivity index (χ4v) is 3.24. The molecular weight excluding hydrogens is 407 g/mol. The number of carbonyl (C=O) groups is 1. The van der Waals surface area contributed by atoms with Crippen molar-refractivity contribution in [3.05, 3.63) is 82.4 Å². The van der Waals surface area contributed by atoms with Crippen molar-refractivity contribution in [1.82, 2.24) is 0 Å². The third-order valence-corrected chi connectivity index (χ3v) is 5.25. The Morgan fingerprint density at radius 1 is 0.844 bits per heavy atom. The molecule has 0 bridgehead atoms. The Morgan fingerprint density at radius 2 is 1.47 bits per heavy atom. The van der Waals surface area contributed by atoms with Gasteiger partial charge in [0.05, 0.1) is 5.56 Å². The van der Waals surface area contributed by atoms with E-state index in [2.05, 4.69) is 0 Å². The molecule has 0 aliphatic rings. The van der Waals surface area contributed by atoms with Gasteiger partial charge in [-0.25, -0.2) is 4.79 Å². The second kappa shape index (κ2) is 10.4. The van der Waals surface area contributed by atoms with Gasteiger partial charge < -0.3 is 24.3 Å². The lowest BCUT2D eigenvalue weighted by Gasteiger charge is -2.17. The third-order valence-electron chi connectivity index (χ3n) is 5.25. The number of benzene rings is 3. The van der Waals surface area contributed by atoms with Gasteiger partial charge in [-0.3, -0.25) is 0 Å². The standard InChI is InChI=1S/C25H27BO6/c1-16-5-7-20(8-6-16)25(27)32-23-15-17(2)24(19(4)18(23)3)31-14-13-30-22-11-9-21(10-12-22)26(28)29/h5-12,15,28-29H,13-14H2,1-4H3. The van der Waals surface area contributed by atoms with E-state index in [1.54, 1.807) is 36.4 Å². The average molecular weight is 434 g/mol. The zero-order valence-corrected chi connectivity index (χ0v) is 18.7. The Morgan fingerprint density at radius 3 is 2.09 bits per heavy atom. The molecule has 0 saturated carbocycles. The number of rotatable bonds is 8. The van der Waals surface area contributed by atoms with Crippen LogP contribution >= 0.6 is 0 Å². The van der Waals surface area contributed by atoms with Crippen molar-refractivity contribution in [2.75, 3.05) is 13.2 Å². The topological polar surface area (TPSA) is 85.2 Å². The van der Waals surface area contributed by atoms with Crippen LogP contribution in [0.4, 0.5) is 0 Å². The monoisotopic (exact) mass is 434 g/mol. The Balaban J connectivity index is 1.61. The minimum absolute atomic E-state index is 0.323. The summed E-state index contributed by atoms with van der Waals surface area (Å²) >= 11 is 0. The quantitative estimate of drug-likeness (QED) is 0.245. The molecule has 32 heavy (non-hydrogen) atoms. The predicted molar refractivity (Wildman–Crippen MR) is 124 cm³/mol. The molecule has 6 nitrogen and oxygen atoms in total. The van der Waals surface area contributed by atoms with Crippen LogP contribution in [0, 0.1) is 27.7 Å². The molecule has 166 valence electrons. The molecule has 0 unspecified atom stereocenters. The third kappa shape index (κ3) is 5.69. The van der Waals surface area contributed by atoms with Crippen LogP contribution in [0.25, 0.3) is 0 Å². The van der Waals surface area contributed by atoms with E-state index in [9.17, 15) is 4.79 Å². The van der Waals surface area contributed by atoms with Crippen LogP contribution in [0.15, 0.2) is 54.6 Å².